The number of hydrogen-bond acceptors (Lipinski definition) is 5. The van der Waals surface area contributed by atoms with Gasteiger partial charge in [-0.2, -0.15) is 10.2 Å². The van der Waals surface area contributed by atoms with Crippen molar-refractivity contribution in [2.75, 3.05) is 5.43 Å². The molecule has 3 aromatic rings. The summed E-state index contributed by atoms with van der Waals surface area (Å²) in [4.78, 5) is 10.2. The van der Waals surface area contributed by atoms with Crippen LogP contribution in [0.25, 0.3) is 5.69 Å². The molecule has 2 aromatic carbocycles. The molecular weight excluding hydrogens is 361 g/mol. The fourth-order valence-corrected chi connectivity index (χ4v) is 2.56. The van der Waals surface area contributed by atoms with Gasteiger partial charge in [-0.1, -0.05) is 11.6 Å². The molecule has 9 heteroatoms. The van der Waals surface area contributed by atoms with Gasteiger partial charge in [0.05, 0.1) is 33.8 Å². The minimum atomic E-state index is -0.472. The number of rotatable bonds is 5. The van der Waals surface area contributed by atoms with Crippen molar-refractivity contribution in [3.05, 3.63) is 80.9 Å². The average Bonchev–Trinajstić information content (AvgIpc) is 2.91. The molecule has 1 heterocycles. The molecular formula is C17H13ClFN5O2. The number of non-ortho nitro benzene ring substituents is 1. The van der Waals surface area contributed by atoms with Crippen molar-refractivity contribution in [3.63, 3.8) is 0 Å². The highest BCUT2D eigenvalue weighted by Gasteiger charge is 2.13. The van der Waals surface area contributed by atoms with Crippen LogP contribution < -0.4 is 5.43 Å². The Bertz CT molecular complexity index is 968. The predicted molar refractivity (Wildman–Crippen MR) is 97.6 cm³/mol. The van der Waals surface area contributed by atoms with E-state index >= 15 is 0 Å². The van der Waals surface area contributed by atoms with Gasteiger partial charge in [0, 0.05) is 12.1 Å². The summed E-state index contributed by atoms with van der Waals surface area (Å²) in [5.41, 5.74) is 5.24. The highest BCUT2D eigenvalue weighted by Crippen LogP contribution is 2.22. The van der Waals surface area contributed by atoms with Crippen molar-refractivity contribution in [1.82, 2.24) is 9.78 Å². The lowest BCUT2D eigenvalue weighted by Crippen LogP contribution is -1.97. The highest BCUT2D eigenvalue weighted by molar-refractivity contribution is 6.32. The molecule has 0 bridgehead atoms. The van der Waals surface area contributed by atoms with Crippen molar-refractivity contribution in [1.29, 1.82) is 0 Å². The Morgan fingerprint density at radius 2 is 1.88 bits per heavy atom. The number of halogens is 2. The van der Waals surface area contributed by atoms with Gasteiger partial charge in [-0.15, -0.1) is 0 Å². The van der Waals surface area contributed by atoms with E-state index in [2.05, 4.69) is 15.6 Å². The summed E-state index contributed by atoms with van der Waals surface area (Å²) in [7, 11) is 0. The second-order valence-corrected chi connectivity index (χ2v) is 5.71. The Morgan fingerprint density at radius 1 is 1.23 bits per heavy atom. The molecule has 0 amide bonds. The standard InChI is InChI=1S/C17H13ClFN5O2/c1-11-16(10-20-21-13-4-8-15(9-5-13)24(25)26)17(18)23(22-11)14-6-2-12(19)3-7-14/h2-10,21H,1H3. The maximum absolute atomic E-state index is 13.1. The number of hydrogen-bond donors (Lipinski definition) is 1. The van der Waals surface area contributed by atoms with E-state index < -0.39 is 4.92 Å². The quantitative estimate of drug-likeness (QED) is 0.410. The van der Waals surface area contributed by atoms with Crippen molar-refractivity contribution in [2.24, 2.45) is 5.10 Å². The molecule has 0 unspecified atom stereocenters. The van der Waals surface area contributed by atoms with Crippen LogP contribution >= 0.6 is 11.6 Å². The lowest BCUT2D eigenvalue weighted by molar-refractivity contribution is -0.384. The summed E-state index contributed by atoms with van der Waals surface area (Å²) in [5.74, 6) is -0.345. The van der Waals surface area contributed by atoms with Gasteiger partial charge in [0.2, 0.25) is 0 Å². The number of benzene rings is 2. The summed E-state index contributed by atoms with van der Waals surface area (Å²) >= 11 is 6.35. The largest absolute Gasteiger partial charge is 0.278 e. The molecule has 7 nitrogen and oxygen atoms in total. The number of hydrazone groups is 1. The lowest BCUT2D eigenvalue weighted by atomic mass is 10.3. The van der Waals surface area contributed by atoms with E-state index in [-0.39, 0.29) is 11.5 Å². The van der Waals surface area contributed by atoms with Crippen molar-refractivity contribution in [3.8, 4) is 5.69 Å². The summed E-state index contributed by atoms with van der Waals surface area (Å²) in [6.07, 6.45) is 1.51. The first-order valence-corrected chi connectivity index (χ1v) is 7.88. The van der Waals surface area contributed by atoms with Gasteiger partial charge in [0.25, 0.3) is 5.69 Å². The first-order valence-electron chi connectivity index (χ1n) is 7.50. The Kier molecular flexibility index (Phi) is 4.94. The molecule has 0 fully saturated rings. The van der Waals surface area contributed by atoms with E-state index in [4.69, 9.17) is 11.6 Å². The van der Waals surface area contributed by atoms with Crippen LogP contribution in [0.5, 0.6) is 0 Å². The maximum Gasteiger partial charge on any atom is 0.269 e. The molecule has 1 N–H and O–H groups in total. The number of aromatic nitrogens is 2. The summed E-state index contributed by atoms with van der Waals surface area (Å²) < 4.78 is 14.5. The van der Waals surface area contributed by atoms with Gasteiger partial charge in [0.15, 0.2) is 0 Å². The molecule has 0 spiro atoms. The molecule has 0 saturated heterocycles. The third-order valence-corrected chi connectivity index (χ3v) is 3.95. The van der Waals surface area contributed by atoms with Crippen LogP contribution in [0.3, 0.4) is 0 Å². The normalized spacial score (nSPS) is 11.0. The Morgan fingerprint density at radius 3 is 2.50 bits per heavy atom. The van der Waals surface area contributed by atoms with Crippen LogP contribution in [-0.4, -0.2) is 20.9 Å². The number of nitro groups is 1. The van der Waals surface area contributed by atoms with Crippen LogP contribution in [0.15, 0.2) is 53.6 Å². The molecule has 1 aromatic heterocycles. The topological polar surface area (TPSA) is 85.3 Å². The Hall–Kier alpha value is -3.26. The summed E-state index contributed by atoms with van der Waals surface area (Å²) in [6, 6.07) is 11.6. The molecule has 0 aliphatic heterocycles. The van der Waals surface area contributed by atoms with Crippen LogP contribution in [0, 0.1) is 22.9 Å². The second kappa shape index (κ2) is 7.32. The van der Waals surface area contributed by atoms with Crippen molar-refractivity contribution in [2.45, 2.75) is 6.92 Å². The third-order valence-electron chi connectivity index (χ3n) is 3.58. The fraction of sp³-hybridized carbons (Fsp3) is 0.0588. The highest BCUT2D eigenvalue weighted by atomic mass is 35.5. The molecule has 0 saturated carbocycles. The number of nitrogens with one attached hydrogen (secondary N) is 1. The molecule has 3 rings (SSSR count). The van der Waals surface area contributed by atoms with Crippen molar-refractivity contribution >= 4 is 29.2 Å². The number of anilines is 1. The van der Waals surface area contributed by atoms with E-state index in [9.17, 15) is 14.5 Å². The van der Waals surface area contributed by atoms with Crippen molar-refractivity contribution < 1.29 is 9.31 Å². The second-order valence-electron chi connectivity index (χ2n) is 5.35. The van der Waals surface area contributed by atoms with Gasteiger partial charge in [0.1, 0.15) is 11.0 Å². The van der Waals surface area contributed by atoms with E-state index in [0.29, 0.717) is 27.8 Å². The monoisotopic (exact) mass is 373 g/mol. The first-order chi connectivity index (χ1) is 12.5. The van der Waals surface area contributed by atoms with E-state index in [1.54, 1.807) is 31.2 Å². The Labute approximate surface area is 152 Å². The molecule has 0 aliphatic rings. The van der Waals surface area contributed by atoms with Gasteiger partial charge in [-0.25, -0.2) is 9.07 Å². The van der Waals surface area contributed by atoms with E-state index in [1.165, 1.54) is 35.2 Å². The SMILES string of the molecule is Cc1nn(-c2ccc(F)cc2)c(Cl)c1C=NNc1ccc([N+](=O)[O-])cc1. The molecule has 26 heavy (non-hydrogen) atoms. The zero-order valence-electron chi connectivity index (χ0n) is 13.6. The summed E-state index contributed by atoms with van der Waals surface area (Å²) in [6.45, 7) is 1.78. The number of nitrogens with zero attached hydrogens (tertiary/aromatic N) is 4. The Balaban J connectivity index is 1.78. The molecule has 0 aliphatic carbocycles. The minimum absolute atomic E-state index is 0.000933. The molecule has 132 valence electrons. The van der Waals surface area contributed by atoms with Crippen LogP contribution in [0.2, 0.25) is 5.15 Å². The van der Waals surface area contributed by atoms with Crippen LogP contribution in [0.4, 0.5) is 15.8 Å². The van der Waals surface area contributed by atoms with Gasteiger partial charge in [-0.05, 0) is 43.3 Å². The fourth-order valence-electron chi connectivity index (χ4n) is 2.24. The van der Waals surface area contributed by atoms with Gasteiger partial charge < -0.3 is 0 Å². The first kappa shape index (κ1) is 17.6. The lowest BCUT2D eigenvalue weighted by Gasteiger charge is -2.02. The maximum atomic E-state index is 13.1. The number of nitro benzene ring substituents is 1. The minimum Gasteiger partial charge on any atom is -0.278 e. The zero-order valence-corrected chi connectivity index (χ0v) is 14.3. The smallest absolute Gasteiger partial charge is 0.269 e. The van der Waals surface area contributed by atoms with Gasteiger partial charge >= 0.3 is 0 Å². The van der Waals surface area contributed by atoms with Crippen LogP contribution in [0.1, 0.15) is 11.3 Å². The summed E-state index contributed by atoms with van der Waals surface area (Å²) in [5, 5.41) is 19.4. The number of aryl methyl sites for hydroxylation is 1. The van der Waals surface area contributed by atoms with E-state index in [1.807, 2.05) is 0 Å². The van der Waals surface area contributed by atoms with Gasteiger partial charge in [-0.3, -0.25) is 15.5 Å². The predicted octanol–water partition coefficient (Wildman–Crippen LogP) is 4.33. The molecule has 0 atom stereocenters. The van der Waals surface area contributed by atoms with E-state index in [0.717, 1.165) is 0 Å². The molecule has 0 radical (unpaired) electrons. The van der Waals surface area contributed by atoms with Crippen LogP contribution in [-0.2, 0) is 0 Å². The average molecular weight is 374 g/mol. The zero-order chi connectivity index (χ0) is 18.7. The third kappa shape index (κ3) is 3.70.